The van der Waals surface area contributed by atoms with Crippen molar-refractivity contribution in [2.24, 2.45) is 0 Å². The Labute approximate surface area is 117 Å². The summed E-state index contributed by atoms with van der Waals surface area (Å²) < 4.78 is 0. The minimum Gasteiger partial charge on any atom is -0.399 e. The molecule has 1 rings (SSSR count). The molecule has 1 atom stereocenters. The molecule has 0 heterocycles. The lowest BCUT2D eigenvalue weighted by molar-refractivity contribution is -0.115. The molecule has 0 aliphatic rings. The van der Waals surface area contributed by atoms with Crippen molar-refractivity contribution in [2.75, 3.05) is 16.8 Å². The second-order valence-electron chi connectivity index (χ2n) is 4.10. The molecule has 0 radical (unpaired) electrons. The van der Waals surface area contributed by atoms with Gasteiger partial charge < -0.3 is 11.1 Å². The Hall–Kier alpha value is -0.870. The fourth-order valence-corrected chi connectivity index (χ4v) is 2.60. The molecule has 0 fully saturated rings. The fraction of sp³-hybridized carbons (Fsp3) is 0.462. The number of anilines is 2. The standard InChI is InChI=1S/C13H19ClN2OS/c1-3-4-7-18-9(2)13(17)16-12-6-5-10(15)8-11(12)14/h5-6,8-9H,3-4,7,15H2,1-2H3,(H,16,17). The molecule has 0 aromatic heterocycles. The van der Waals surface area contributed by atoms with Gasteiger partial charge in [0, 0.05) is 5.69 Å². The van der Waals surface area contributed by atoms with Gasteiger partial charge in [-0.2, -0.15) is 0 Å². The Bertz CT molecular complexity index is 412. The van der Waals surface area contributed by atoms with E-state index in [4.69, 9.17) is 17.3 Å². The van der Waals surface area contributed by atoms with E-state index in [1.165, 1.54) is 0 Å². The zero-order chi connectivity index (χ0) is 13.5. The normalized spacial score (nSPS) is 12.2. The summed E-state index contributed by atoms with van der Waals surface area (Å²) in [7, 11) is 0. The molecule has 0 saturated carbocycles. The molecule has 0 saturated heterocycles. The zero-order valence-corrected chi connectivity index (χ0v) is 12.3. The number of nitrogens with two attached hydrogens (primary N) is 1. The second kappa shape index (κ2) is 7.54. The fourth-order valence-electron chi connectivity index (χ4n) is 1.35. The molecule has 1 aromatic rings. The van der Waals surface area contributed by atoms with Crippen molar-refractivity contribution in [1.29, 1.82) is 0 Å². The van der Waals surface area contributed by atoms with Crippen LogP contribution in [-0.4, -0.2) is 16.9 Å². The van der Waals surface area contributed by atoms with Crippen molar-refractivity contribution in [3.05, 3.63) is 23.2 Å². The van der Waals surface area contributed by atoms with Gasteiger partial charge in [0.05, 0.1) is 16.0 Å². The maximum absolute atomic E-state index is 11.9. The van der Waals surface area contributed by atoms with E-state index in [9.17, 15) is 4.79 Å². The summed E-state index contributed by atoms with van der Waals surface area (Å²) in [6, 6.07) is 5.07. The van der Waals surface area contributed by atoms with Gasteiger partial charge in [-0.15, -0.1) is 11.8 Å². The highest BCUT2D eigenvalue weighted by atomic mass is 35.5. The quantitative estimate of drug-likeness (QED) is 0.618. The maximum atomic E-state index is 11.9. The molecule has 1 unspecified atom stereocenters. The summed E-state index contributed by atoms with van der Waals surface area (Å²) in [6.45, 7) is 4.04. The maximum Gasteiger partial charge on any atom is 0.237 e. The Morgan fingerprint density at radius 1 is 1.56 bits per heavy atom. The van der Waals surface area contributed by atoms with Crippen LogP contribution < -0.4 is 11.1 Å². The van der Waals surface area contributed by atoms with Crippen LogP contribution in [0, 0.1) is 0 Å². The summed E-state index contributed by atoms with van der Waals surface area (Å²) in [5, 5.41) is 3.21. The van der Waals surface area contributed by atoms with Crippen LogP contribution in [0.5, 0.6) is 0 Å². The molecule has 0 aliphatic heterocycles. The van der Waals surface area contributed by atoms with Crippen molar-refractivity contribution < 1.29 is 4.79 Å². The van der Waals surface area contributed by atoms with Gasteiger partial charge in [-0.25, -0.2) is 0 Å². The highest BCUT2D eigenvalue weighted by molar-refractivity contribution is 8.00. The lowest BCUT2D eigenvalue weighted by Gasteiger charge is -2.13. The number of carbonyl (C=O) groups excluding carboxylic acids is 1. The van der Waals surface area contributed by atoms with Crippen LogP contribution in [0.2, 0.25) is 5.02 Å². The summed E-state index contributed by atoms with van der Waals surface area (Å²) in [5.74, 6) is 0.975. The number of nitrogen functional groups attached to an aromatic ring is 1. The molecule has 0 spiro atoms. The molecular weight excluding hydrogens is 268 g/mol. The first-order valence-corrected chi connectivity index (χ1v) is 7.44. The molecule has 5 heteroatoms. The van der Waals surface area contributed by atoms with Crippen LogP contribution in [0.1, 0.15) is 26.7 Å². The van der Waals surface area contributed by atoms with E-state index in [0.717, 1.165) is 18.6 Å². The average molecular weight is 287 g/mol. The number of halogens is 1. The average Bonchev–Trinajstić information content (AvgIpc) is 2.32. The van der Waals surface area contributed by atoms with Gasteiger partial charge in [0.15, 0.2) is 0 Å². The van der Waals surface area contributed by atoms with Crippen LogP contribution in [0.4, 0.5) is 11.4 Å². The van der Waals surface area contributed by atoms with Gasteiger partial charge in [0.25, 0.3) is 0 Å². The largest absolute Gasteiger partial charge is 0.399 e. The minimum absolute atomic E-state index is 0.0252. The number of rotatable bonds is 6. The number of thioether (sulfide) groups is 1. The lowest BCUT2D eigenvalue weighted by Crippen LogP contribution is -2.23. The Kier molecular flexibility index (Phi) is 6.36. The van der Waals surface area contributed by atoms with E-state index < -0.39 is 0 Å². The predicted molar refractivity (Wildman–Crippen MR) is 81.3 cm³/mol. The monoisotopic (exact) mass is 286 g/mol. The highest BCUT2D eigenvalue weighted by Gasteiger charge is 2.14. The summed E-state index contributed by atoms with van der Waals surface area (Å²) in [4.78, 5) is 11.9. The first-order valence-electron chi connectivity index (χ1n) is 6.02. The van der Waals surface area contributed by atoms with Gasteiger partial charge in [0.1, 0.15) is 0 Å². The number of benzene rings is 1. The zero-order valence-electron chi connectivity index (χ0n) is 10.7. The van der Waals surface area contributed by atoms with Crippen LogP contribution in [-0.2, 0) is 4.79 Å². The van der Waals surface area contributed by atoms with Crippen molar-refractivity contribution >= 4 is 40.6 Å². The third-order valence-electron chi connectivity index (χ3n) is 2.49. The molecule has 0 bridgehead atoms. The van der Waals surface area contributed by atoms with Gasteiger partial charge in [-0.05, 0) is 37.3 Å². The molecular formula is C13H19ClN2OS. The van der Waals surface area contributed by atoms with E-state index >= 15 is 0 Å². The Morgan fingerprint density at radius 3 is 2.89 bits per heavy atom. The number of nitrogens with one attached hydrogen (secondary N) is 1. The van der Waals surface area contributed by atoms with E-state index in [1.54, 1.807) is 30.0 Å². The number of unbranched alkanes of at least 4 members (excludes halogenated alkanes) is 1. The van der Waals surface area contributed by atoms with Crippen LogP contribution in [0.15, 0.2) is 18.2 Å². The molecule has 1 amide bonds. The molecule has 0 aliphatic carbocycles. The van der Waals surface area contributed by atoms with E-state index in [0.29, 0.717) is 16.4 Å². The van der Waals surface area contributed by atoms with Crippen LogP contribution in [0.25, 0.3) is 0 Å². The van der Waals surface area contributed by atoms with Crippen LogP contribution >= 0.6 is 23.4 Å². The van der Waals surface area contributed by atoms with Gasteiger partial charge >= 0.3 is 0 Å². The molecule has 100 valence electrons. The first kappa shape index (κ1) is 15.2. The van der Waals surface area contributed by atoms with E-state index in [2.05, 4.69) is 12.2 Å². The summed E-state index contributed by atoms with van der Waals surface area (Å²) >= 11 is 7.66. The van der Waals surface area contributed by atoms with Crippen molar-refractivity contribution in [1.82, 2.24) is 0 Å². The van der Waals surface area contributed by atoms with Gasteiger partial charge in [-0.1, -0.05) is 24.9 Å². The SMILES string of the molecule is CCCCSC(C)C(=O)Nc1ccc(N)cc1Cl. The number of hydrogen-bond acceptors (Lipinski definition) is 3. The van der Waals surface area contributed by atoms with Gasteiger partial charge in [0.2, 0.25) is 5.91 Å². The number of hydrogen-bond donors (Lipinski definition) is 2. The third-order valence-corrected chi connectivity index (χ3v) is 4.04. The summed E-state index contributed by atoms with van der Waals surface area (Å²) in [5.41, 5.74) is 6.79. The molecule has 3 nitrogen and oxygen atoms in total. The summed E-state index contributed by atoms with van der Waals surface area (Å²) in [6.07, 6.45) is 2.27. The van der Waals surface area contributed by atoms with E-state index in [1.807, 2.05) is 6.92 Å². The smallest absolute Gasteiger partial charge is 0.237 e. The van der Waals surface area contributed by atoms with Crippen molar-refractivity contribution in [3.63, 3.8) is 0 Å². The number of amides is 1. The predicted octanol–water partition coefficient (Wildman–Crippen LogP) is 3.78. The van der Waals surface area contributed by atoms with Crippen molar-refractivity contribution in [2.45, 2.75) is 31.9 Å². The molecule has 18 heavy (non-hydrogen) atoms. The molecule has 1 aromatic carbocycles. The molecule has 3 N–H and O–H groups in total. The van der Waals surface area contributed by atoms with Gasteiger partial charge in [-0.3, -0.25) is 4.79 Å². The first-order chi connectivity index (χ1) is 8.54. The minimum atomic E-state index is -0.0785. The Balaban J connectivity index is 2.53. The van der Waals surface area contributed by atoms with Crippen molar-refractivity contribution in [3.8, 4) is 0 Å². The topological polar surface area (TPSA) is 55.1 Å². The highest BCUT2D eigenvalue weighted by Crippen LogP contribution is 2.25. The second-order valence-corrected chi connectivity index (χ2v) is 5.95. The Morgan fingerprint density at radius 2 is 2.28 bits per heavy atom. The van der Waals surface area contributed by atoms with E-state index in [-0.39, 0.29) is 11.2 Å². The lowest BCUT2D eigenvalue weighted by atomic mass is 10.2. The van der Waals surface area contributed by atoms with Crippen LogP contribution in [0.3, 0.4) is 0 Å². The third kappa shape index (κ3) is 4.78. The number of carbonyl (C=O) groups is 1.